The fourth-order valence-electron chi connectivity index (χ4n) is 1.77. The highest BCUT2D eigenvalue weighted by molar-refractivity contribution is 5.38. The second kappa shape index (κ2) is 4.57. The Bertz CT molecular complexity index is 499. The summed E-state index contributed by atoms with van der Waals surface area (Å²) in [6.07, 6.45) is 0. The van der Waals surface area contributed by atoms with E-state index in [1.807, 2.05) is 45.9 Å². The molecule has 0 aliphatic heterocycles. The van der Waals surface area contributed by atoms with Crippen LogP contribution in [0.3, 0.4) is 0 Å². The molecular formula is C13H17N3O. The van der Waals surface area contributed by atoms with Gasteiger partial charge in [0.2, 0.25) is 0 Å². The summed E-state index contributed by atoms with van der Waals surface area (Å²) >= 11 is 0. The average Bonchev–Trinajstić information content (AvgIpc) is 2.63. The first-order valence-electron chi connectivity index (χ1n) is 5.70. The van der Waals surface area contributed by atoms with Gasteiger partial charge in [-0.05, 0) is 39.8 Å². The summed E-state index contributed by atoms with van der Waals surface area (Å²) in [5, 5.41) is 3.31. The van der Waals surface area contributed by atoms with Gasteiger partial charge in [0.25, 0.3) is 0 Å². The number of hydrogen-bond donors (Lipinski definition) is 1. The number of nitrogens with zero attached hydrogens (tertiary/aromatic N) is 2. The van der Waals surface area contributed by atoms with Crippen LogP contribution in [-0.2, 0) is 0 Å². The van der Waals surface area contributed by atoms with Crippen LogP contribution in [0.4, 0.5) is 5.82 Å². The van der Waals surface area contributed by atoms with Gasteiger partial charge in [-0.15, -0.1) is 0 Å². The molecule has 1 N–H and O–H groups in total. The van der Waals surface area contributed by atoms with E-state index in [0.29, 0.717) is 0 Å². The van der Waals surface area contributed by atoms with E-state index in [1.165, 1.54) is 0 Å². The van der Waals surface area contributed by atoms with Crippen molar-refractivity contribution < 1.29 is 4.42 Å². The minimum absolute atomic E-state index is 0.0948. The maximum atomic E-state index is 5.57. The number of furan rings is 1. The molecule has 17 heavy (non-hydrogen) atoms. The summed E-state index contributed by atoms with van der Waals surface area (Å²) in [4.78, 5) is 8.59. The Morgan fingerprint density at radius 3 is 2.53 bits per heavy atom. The van der Waals surface area contributed by atoms with Crippen LogP contribution in [-0.4, -0.2) is 9.97 Å². The minimum atomic E-state index is 0.0948. The van der Waals surface area contributed by atoms with Gasteiger partial charge in [-0.25, -0.2) is 9.97 Å². The molecule has 0 saturated carbocycles. The van der Waals surface area contributed by atoms with Gasteiger partial charge < -0.3 is 9.73 Å². The molecule has 90 valence electrons. The van der Waals surface area contributed by atoms with Crippen LogP contribution >= 0.6 is 0 Å². The van der Waals surface area contributed by atoms with Gasteiger partial charge in [0.15, 0.2) is 0 Å². The zero-order chi connectivity index (χ0) is 12.4. The second-order valence-corrected chi connectivity index (χ2v) is 4.26. The van der Waals surface area contributed by atoms with Crippen LogP contribution in [0.2, 0.25) is 0 Å². The standard InChI is InChI=1S/C13H17N3O/c1-8-7-13(16-11(4)14-8)15-10(3)12-6-5-9(2)17-12/h5-7,10H,1-4H3,(H,14,15,16). The largest absolute Gasteiger partial charge is 0.464 e. The van der Waals surface area contributed by atoms with Gasteiger partial charge in [-0.1, -0.05) is 0 Å². The van der Waals surface area contributed by atoms with Crippen molar-refractivity contribution in [2.45, 2.75) is 33.7 Å². The highest BCUT2D eigenvalue weighted by Gasteiger charge is 2.10. The molecule has 0 spiro atoms. The van der Waals surface area contributed by atoms with Crippen LogP contribution in [0, 0.1) is 20.8 Å². The van der Waals surface area contributed by atoms with Gasteiger partial charge in [0.05, 0.1) is 6.04 Å². The Balaban J connectivity index is 2.15. The van der Waals surface area contributed by atoms with Crippen molar-refractivity contribution in [2.24, 2.45) is 0 Å². The first kappa shape index (κ1) is 11.6. The molecule has 0 aromatic carbocycles. The maximum absolute atomic E-state index is 5.57. The zero-order valence-corrected chi connectivity index (χ0v) is 10.6. The SMILES string of the molecule is Cc1cc(NC(C)c2ccc(C)o2)nc(C)n1. The number of hydrogen-bond acceptors (Lipinski definition) is 4. The van der Waals surface area contributed by atoms with Gasteiger partial charge in [0.1, 0.15) is 23.2 Å². The third-order valence-corrected chi connectivity index (χ3v) is 2.52. The topological polar surface area (TPSA) is 51.0 Å². The van der Waals surface area contributed by atoms with E-state index >= 15 is 0 Å². The maximum Gasteiger partial charge on any atom is 0.130 e. The monoisotopic (exact) mass is 231 g/mol. The smallest absolute Gasteiger partial charge is 0.130 e. The van der Waals surface area contributed by atoms with E-state index in [2.05, 4.69) is 15.3 Å². The van der Waals surface area contributed by atoms with E-state index in [4.69, 9.17) is 4.42 Å². The number of aryl methyl sites for hydroxylation is 3. The lowest BCUT2D eigenvalue weighted by atomic mass is 10.2. The lowest BCUT2D eigenvalue weighted by molar-refractivity contribution is 0.466. The summed E-state index contributed by atoms with van der Waals surface area (Å²) in [6, 6.07) is 5.97. The van der Waals surface area contributed by atoms with E-state index in [0.717, 1.165) is 28.9 Å². The number of anilines is 1. The summed E-state index contributed by atoms with van der Waals surface area (Å²) in [6.45, 7) is 7.84. The van der Waals surface area contributed by atoms with Crippen molar-refractivity contribution in [1.29, 1.82) is 0 Å². The number of aromatic nitrogens is 2. The normalized spacial score (nSPS) is 12.5. The molecule has 0 aliphatic carbocycles. The molecule has 2 aromatic heterocycles. The molecule has 0 bridgehead atoms. The van der Waals surface area contributed by atoms with Crippen LogP contribution < -0.4 is 5.32 Å². The molecule has 0 amide bonds. The summed E-state index contributed by atoms with van der Waals surface area (Å²) in [7, 11) is 0. The third-order valence-electron chi connectivity index (χ3n) is 2.52. The fraction of sp³-hybridized carbons (Fsp3) is 0.385. The van der Waals surface area contributed by atoms with Crippen LogP contribution in [0.5, 0.6) is 0 Å². The Labute approximate surface area is 101 Å². The summed E-state index contributed by atoms with van der Waals surface area (Å²) in [5.41, 5.74) is 0.961. The molecule has 2 rings (SSSR count). The highest BCUT2D eigenvalue weighted by Crippen LogP contribution is 2.20. The first-order valence-corrected chi connectivity index (χ1v) is 5.70. The van der Waals surface area contributed by atoms with Crippen molar-refractivity contribution in [3.8, 4) is 0 Å². The Morgan fingerprint density at radius 1 is 1.18 bits per heavy atom. The fourth-order valence-corrected chi connectivity index (χ4v) is 1.77. The number of nitrogens with one attached hydrogen (secondary N) is 1. The van der Waals surface area contributed by atoms with Crippen molar-refractivity contribution >= 4 is 5.82 Å². The molecule has 1 atom stereocenters. The first-order chi connectivity index (χ1) is 8.04. The van der Waals surface area contributed by atoms with Crippen LogP contribution in [0.1, 0.15) is 36.0 Å². The molecule has 0 aliphatic rings. The number of rotatable bonds is 3. The van der Waals surface area contributed by atoms with Gasteiger partial charge >= 0.3 is 0 Å². The molecule has 2 aromatic rings. The zero-order valence-electron chi connectivity index (χ0n) is 10.6. The average molecular weight is 231 g/mol. The molecule has 0 fully saturated rings. The van der Waals surface area contributed by atoms with Gasteiger partial charge in [-0.3, -0.25) is 0 Å². The van der Waals surface area contributed by atoms with Crippen LogP contribution in [0.15, 0.2) is 22.6 Å². The summed E-state index contributed by atoms with van der Waals surface area (Å²) < 4.78 is 5.57. The molecule has 4 heteroatoms. The van der Waals surface area contributed by atoms with E-state index in [-0.39, 0.29) is 6.04 Å². The molecule has 0 saturated heterocycles. The second-order valence-electron chi connectivity index (χ2n) is 4.26. The quantitative estimate of drug-likeness (QED) is 0.881. The minimum Gasteiger partial charge on any atom is -0.464 e. The Kier molecular flexibility index (Phi) is 3.13. The highest BCUT2D eigenvalue weighted by atomic mass is 16.3. The van der Waals surface area contributed by atoms with Crippen LogP contribution in [0.25, 0.3) is 0 Å². The van der Waals surface area contributed by atoms with E-state index in [1.54, 1.807) is 0 Å². The van der Waals surface area contributed by atoms with Crippen molar-refractivity contribution in [3.05, 3.63) is 41.2 Å². The lowest BCUT2D eigenvalue weighted by Gasteiger charge is -2.12. The lowest BCUT2D eigenvalue weighted by Crippen LogP contribution is -2.08. The van der Waals surface area contributed by atoms with Crippen molar-refractivity contribution in [2.75, 3.05) is 5.32 Å². The van der Waals surface area contributed by atoms with E-state index < -0.39 is 0 Å². The molecule has 4 nitrogen and oxygen atoms in total. The van der Waals surface area contributed by atoms with Crippen molar-refractivity contribution in [1.82, 2.24) is 9.97 Å². The Hall–Kier alpha value is -1.84. The Morgan fingerprint density at radius 2 is 1.94 bits per heavy atom. The summed E-state index contributed by atoms with van der Waals surface area (Å²) in [5.74, 6) is 3.44. The molecule has 0 radical (unpaired) electrons. The molecule has 2 heterocycles. The predicted molar refractivity (Wildman–Crippen MR) is 67.0 cm³/mol. The predicted octanol–water partition coefficient (Wildman–Crippen LogP) is 3.17. The van der Waals surface area contributed by atoms with Gasteiger partial charge in [0, 0.05) is 11.8 Å². The van der Waals surface area contributed by atoms with Gasteiger partial charge in [-0.2, -0.15) is 0 Å². The van der Waals surface area contributed by atoms with Crippen molar-refractivity contribution in [3.63, 3.8) is 0 Å². The molecule has 1 unspecified atom stereocenters. The molecular weight excluding hydrogens is 214 g/mol. The van der Waals surface area contributed by atoms with E-state index in [9.17, 15) is 0 Å². The third kappa shape index (κ3) is 2.84.